The molecule has 1 aliphatic rings. The van der Waals surface area contributed by atoms with Gasteiger partial charge in [0.15, 0.2) is 0 Å². The Kier molecular flexibility index (Phi) is 7.18. The number of carbonyl (C=O) groups excluding carboxylic acids is 2. The SMILES string of the molecule is CCN(CC(=O)NCc1ccc(F)cc1)C(=O)CCC1CCNC1. The van der Waals surface area contributed by atoms with Crippen molar-refractivity contribution in [1.82, 2.24) is 15.5 Å². The van der Waals surface area contributed by atoms with Crippen molar-refractivity contribution in [2.24, 2.45) is 5.92 Å². The van der Waals surface area contributed by atoms with Gasteiger partial charge in [-0.15, -0.1) is 0 Å². The van der Waals surface area contributed by atoms with E-state index in [0.717, 1.165) is 31.5 Å². The Morgan fingerprint density at radius 1 is 1.33 bits per heavy atom. The van der Waals surface area contributed by atoms with Crippen molar-refractivity contribution in [3.05, 3.63) is 35.6 Å². The Morgan fingerprint density at radius 3 is 2.71 bits per heavy atom. The molecular weight excluding hydrogens is 309 g/mol. The highest BCUT2D eigenvalue weighted by Gasteiger charge is 2.19. The summed E-state index contributed by atoms with van der Waals surface area (Å²) in [5.74, 6) is 0.101. The monoisotopic (exact) mass is 335 g/mol. The number of halogens is 1. The summed E-state index contributed by atoms with van der Waals surface area (Å²) in [7, 11) is 0. The first kappa shape index (κ1) is 18.4. The van der Waals surface area contributed by atoms with E-state index in [-0.39, 0.29) is 24.2 Å². The molecule has 1 fully saturated rings. The summed E-state index contributed by atoms with van der Waals surface area (Å²) in [6.45, 7) is 4.81. The van der Waals surface area contributed by atoms with E-state index in [0.29, 0.717) is 25.4 Å². The van der Waals surface area contributed by atoms with E-state index in [4.69, 9.17) is 0 Å². The maximum Gasteiger partial charge on any atom is 0.239 e. The first-order valence-electron chi connectivity index (χ1n) is 8.58. The molecule has 1 saturated heterocycles. The van der Waals surface area contributed by atoms with Crippen LogP contribution in [0.4, 0.5) is 4.39 Å². The Hall–Kier alpha value is -1.95. The standard InChI is InChI=1S/C18H26FN3O2/c1-2-22(18(24)8-5-15-9-10-20-11-15)13-17(23)21-12-14-3-6-16(19)7-4-14/h3-4,6-7,15,20H,2,5,8-13H2,1H3,(H,21,23). The molecule has 0 radical (unpaired) electrons. The lowest BCUT2D eigenvalue weighted by Crippen LogP contribution is -2.40. The third-order valence-electron chi connectivity index (χ3n) is 4.40. The zero-order valence-electron chi connectivity index (χ0n) is 14.2. The third kappa shape index (κ3) is 5.92. The van der Waals surface area contributed by atoms with Crippen LogP contribution in [0.5, 0.6) is 0 Å². The smallest absolute Gasteiger partial charge is 0.239 e. The average Bonchev–Trinajstić information content (AvgIpc) is 3.10. The van der Waals surface area contributed by atoms with Crippen molar-refractivity contribution >= 4 is 11.8 Å². The Balaban J connectivity index is 1.72. The molecule has 6 heteroatoms. The predicted molar refractivity (Wildman–Crippen MR) is 90.7 cm³/mol. The molecule has 5 nitrogen and oxygen atoms in total. The van der Waals surface area contributed by atoms with Crippen molar-refractivity contribution in [3.63, 3.8) is 0 Å². The number of likely N-dealkylation sites (N-methyl/N-ethyl adjacent to an activating group) is 1. The quantitative estimate of drug-likeness (QED) is 0.760. The van der Waals surface area contributed by atoms with E-state index >= 15 is 0 Å². The lowest BCUT2D eigenvalue weighted by atomic mass is 10.0. The highest BCUT2D eigenvalue weighted by atomic mass is 19.1. The first-order chi connectivity index (χ1) is 11.6. The van der Waals surface area contributed by atoms with Gasteiger partial charge in [0.25, 0.3) is 0 Å². The molecule has 2 rings (SSSR count). The minimum Gasteiger partial charge on any atom is -0.350 e. The summed E-state index contributed by atoms with van der Waals surface area (Å²) in [6.07, 6.45) is 2.49. The fraction of sp³-hybridized carbons (Fsp3) is 0.556. The second-order valence-electron chi connectivity index (χ2n) is 6.21. The molecule has 0 aliphatic carbocycles. The highest BCUT2D eigenvalue weighted by Crippen LogP contribution is 2.15. The van der Waals surface area contributed by atoms with Crippen LogP contribution in [-0.2, 0) is 16.1 Å². The summed E-state index contributed by atoms with van der Waals surface area (Å²) in [5, 5.41) is 6.06. The highest BCUT2D eigenvalue weighted by molar-refractivity contribution is 5.84. The van der Waals surface area contributed by atoms with E-state index in [1.807, 2.05) is 6.92 Å². The maximum atomic E-state index is 12.8. The van der Waals surface area contributed by atoms with Crippen LogP contribution in [0, 0.1) is 11.7 Å². The predicted octanol–water partition coefficient (Wildman–Crippen LogP) is 1.68. The molecule has 0 bridgehead atoms. The number of benzene rings is 1. The molecule has 0 aromatic heterocycles. The molecule has 2 N–H and O–H groups in total. The number of nitrogens with one attached hydrogen (secondary N) is 2. The molecule has 1 unspecified atom stereocenters. The number of rotatable bonds is 8. The Bertz CT molecular complexity index is 542. The van der Waals surface area contributed by atoms with Gasteiger partial charge in [-0.1, -0.05) is 12.1 Å². The molecule has 0 saturated carbocycles. The maximum absolute atomic E-state index is 12.8. The number of amides is 2. The molecular formula is C18H26FN3O2. The third-order valence-corrected chi connectivity index (χ3v) is 4.40. The summed E-state index contributed by atoms with van der Waals surface area (Å²) >= 11 is 0. The molecule has 1 aliphatic heterocycles. The lowest BCUT2D eigenvalue weighted by Gasteiger charge is -2.21. The van der Waals surface area contributed by atoms with E-state index in [2.05, 4.69) is 10.6 Å². The Morgan fingerprint density at radius 2 is 2.08 bits per heavy atom. The molecule has 132 valence electrons. The van der Waals surface area contributed by atoms with Gasteiger partial charge in [-0.05, 0) is 56.5 Å². The van der Waals surface area contributed by atoms with Crippen LogP contribution in [0.2, 0.25) is 0 Å². The second kappa shape index (κ2) is 9.37. The normalized spacial score (nSPS) is 16.8. The second-order valence-corrected chi connectivity index (χ2v) is 6.21. The minimum atomic E-state index is -0.301. The average molecular weight is 335 g/mol. The molecule has 1 atom stereocenters. The number of nitrogens with zero attached hydrogens (tertiary/aromatic N) is 1. The number of carbonyl (C=O) groups is 2. The van der Waals surface area contributed by atoms with Crippen LogP contribution in [0.15, 0.2) is 24.3 Å². The summed E-state index contributed by atoms with van der Waals surface area (Å²) < 4.78 is 12.8. The lowest BCUT2D eigenvalue weighted by molar-refractivity contribution is -0.136. The van der Waals surface area contributed by atoms with Crippen molar-refractivity contribution in [2.75, 3.05) is 26.2 Å². The van der Waals surface area contributed by atoms with Gasteiger partial charge in [0.2, 0.25) is 11.8 Å². The number of hydrogen-bond acceptors (Lipinski definition) is 3. The van der Waals surface area contributed by atoms with E-state index in [1.54, 1.807) is 17.0 Å². The van der Waals surface area contributed by atoms with Crippen LogP contribution >= 0.6 is 0 Å². The zero-order valence-corrected chi connectivity index (χ0v) is 14.2. The van der Waals surface area contributed by atoms with Crippen LogP contribution in [-0.4, -0.2) is 42.9 Å². The fourth-order valence-corrected chi connectivity index (χ4v) is 2.86. The van der Waals surface area contributed by atoms with Gasteiger partial charge < -0.3 is 15.5 Å². The largest absolute Gasteiger partial charge is 0.350 e. The van der Waals surface area contributed by atoms with Gasteiger partial charge in [0, 0.05) is 19.5 Å². The van der Waals surface area contributed by atoms with E-state index in [1.165, 1.54) is 12.1 Å². The molecule has 24 heavy (non-hydrogen) atoms. The van der Waals surface area contributed by atoms with Crippen LogP contribution in [0.1, 0.15) is 31.7 Å². The molecule has 0 spiro atoms. The minimum absolute atomic E-state index is 0.0290. The summed E-state index contributed by atoms with van der Waals surface area (Å²) in [6, 6.07) is 5.99. The van der Waals surface area contributed by atoms with Gasteiger partial charge in [-0.3, -0.25) is 9.59 Å². The fourth-order valence-electron chi connectivity index (χ4n) is 2.86. The van der Waals surface area contributed by atoms with E-state index in [9.17, 15) is 14.0 Å². The zero-order chi connectivity index (χ0) is 17.4. The van der Waals surface area contributed by atoms with Gasteiger partial charge in [-0.25, -0.2) is 4.39 Å². The topological polar surface area (TPSA) is 61.4 Å². The van der Waals surface area contributed by atoms with Crippen molar-refractivity contribution in [3.8, 4) is 0 Å². The van der Waals surface area contributed by atoms with Gasteiger partial charge >= 0.3 is 0 Å². The molecule has 1 heterocycles. The molecule has 1 aromatic carbocycles. The van der Waals surface area contributed by atoms with Crippen molar-refractivity contribution in [1.29, 1.82) is 0 Å². The van der Waals surface area contributed by atoms with Crippen molar-refractivity contribution < 1.29 is 14.0 Å². The molecule has 2 amide bonds. The number of hydrogen-bond donors (Lipinski definition) is 2. The van der Waals surface area contributed by atoms with Crippen LogP contribution in [0.3, 0.4) is 0 Å². The first-order valence-corrected chi connectivity index (χ1v) is 8.58. The van der Waals surface area contributed by atoms with Crippen LogP contribution < -0.4 is 10.6 Å². The van der Waals surface area contributed by atoms with Gasteiger partial charge in [0.1, 0.15) is 5.82 Å². The van der Waals surface area contributed by atoms with Crippen molar-refractivity contribution in [2.45, 2.75) is 32.7 Å². The van der Waals surface area contributed by atoms with Gasteiger partial charge in [-0.2, -0.15) is 0 Å². The molecule has 1 aromatic rings. The van der Waals surface area contributed by atoms with E-state index < -0.39 is 0 Å². The summed E-state index contributed by atoms with van der Waals surface area (Å²) in [5.41, 5.74) is 0.827. The summed E-state index contributed by atoms with van der Waals surface area (Å²) in [4.78, 5) is 25.9. The Labute approximate surface area is 142 Å². The van der Waals surface area contributed by atoms with Crippen LogP contribution in [0.25, 0.3) is 0 Å². The van der Waals surface area contributed by atoms with Gasteiger partial charge in [0.05, 0.1) is 6.54 Å².